The normalized spacial score (nSPS) is 16.8. The predicted octanol–water partition coefficient (Wildman–Crippen LogP) is 6.30. The summed E-state index contributed by atoms with van der Waals surface area (Å²) < 4.78 is 6.27. The first kappa shape index (κ1) is 25.8. The molecule has 0 aliphatic carbocycles. The molecule has 1 heterocycles. The number of aliphatic carboxylic acids is 1. The average molecular weight is 506 g/mol. The number of amides is 1. The third-order valence-electron chi connectivity index (χ3n) is 6.53. The smallest absolute Gasteiger partial charge is 0.323 e. The second kappa shape index (κ2) is 9.98. The van der Waals surface area contributed by atoms with E-state index in [2.05, 4.69) is 27.7 Å². The average Bonchev–Trinajstić information content (AvgIpc) is 3.14. The number of hydrogen-bond acceptors (Lipinski definition) is 3. The van der Waals surface area contributed by atoms with E-state index in [4.69, 9.17) is 16.3 Å². The maximum atomic E-state index is 13.4. The van der Waals surface area contributed by atoms with Gasteiger partial charge in [-0.1, -0.05) is 68.8 Å². The fourth-order valence-corrected chi connectivity index (χ4v) is 4.79. The lowest BCUT2D eigenvalue weighted by molar-refractivity contribution is -0.137. The Morgan fingerprint density at radius 2 is 1.64 bits per heavy atom. The molecule has 0 radical (unpaired) electrons. The van der Waals surface area contributed by atoms with Crippen LogP contribution in [0, 0.1) is 0 Å². The second-order valence-corrected chi connectivity index (χ2v) is 11.3. The number of carbonyl (C=O) groups excluding carboxylic acids is 1. The Bertz CT molecular complexity index is 1260. The van der Waals surface area contributed by atoms with Crippen molar-refractivity contribution in [3.63, 3.8) is 0 Å². The molecule has 4 rings (SSSR count). The molecule has 0 saturated heterocycles. The Morgan fingerprint density at radius 1 is 1.00 bits per heavy atom. The van der Waals surface area contributed by atoms with E-state index in [0.717, 1.165) is 22.4 Å². The van der Waals surface area contributed by atoms with Gasteiger partial charge in [0.1, 0.15) is 17.9 Å². The van der Waals surface area contributed by atoms with Crippen molar-refractivity contribution in [1.29, 1.82) is 0 Å². The van der Waals surface area contributed by atoms with Gasteiger partial charge in [-0.15, -0.1) is 0 Å². The highest BCUT2D eigenvalue weighted by atomic mass is 35.5. The number of nitrogens with zero attached hydrogens (tertiary/aromatic N) is 1. The quantitative estimate of drug-likeness (QED) is 0.409. The number of benzene rings is 3. The maximum absolute atomic E-state index is 13.4. The molecular weight excluding hydrogens is 474 g/mol. The summed E-state index contributed by atoms with van der Waals surface area (Å²) in [6.07, 6.45) is 1.36. The first-order valence-electron chi connectivity index (χ1n) is 12.1. The molecule has 5 nitrogen and oxygen atoms in total. The molecule has 3 aromatic carbocycles. The van der Waals surface area contributed by atoms with Gasteiger partial charge in [0, 0.05) is 30.0 Å². The lowest BCUT2D eigenvalue weighted by atomic mass is 9.87. The van der Waals surface area contributed by atoms with Crippen LogP contribution >= 0.6 is 11.6 Å². The van der Waals surface area contributed by atoms with E-state index in [-0.39, 0.29) is 24.4 Å². The lowest BCUT2D eigenvalue weighted by Gasteiger charge is -2.24. The molecule has 0 spiro atoms. The van der Waals surface area contributed by atoms with Crippen LogP contribution in [0.5, 0.6) is 5.75 Å². The van der Waals surface area contributed by atoms with Crippen molar-refractivity contribution in [2.24, 2.45) is 0 Å². The molecule has 0 unspecified atom stereocenters. The summed E-state index contributed by atoms with van der Waals surface area (Å²) in [4.78, 5) is 26.3. The van der Waals surface area contributed by atoms with Crippen LogP contribution in [0.1, 0.15) is 60.3 Å². The summed E-state index contributed by atoms with van der Waals surface area (Å²) in [5.74, 6) is -0.605. The summed E-state index contributed by atoms with van der Waals surface area (Å²) in [7, 11) is 0. The van der Waals surface area contributed by atoms with Crippen molar-refractivity contribution in [2.45, 2.75) is 58.1 Å². The number of carboxylic acids is 1. The molecule has 1 amide bonds. The van der Waals surface area contributed by atoms with Crippen LogP contribution in [-0.2, 0) is 29.6 Å². The topological polar surface area (TPSA) is 66.8 Å². The Hall–Kier alpha value is -3.31. The number of carbonyl (C=O) groups is 2. The van der Waals surface area contributed by atoms with Crippen LogP contribution in [0.15, 0.2) is 66.7 Å². The van der Waals surface area contributed by atoms with E-state index >= 15 is 0 Å². The minimum Gasteiger partial charge on any atom is -0.487 e. The van der Waals surface area contributed by atoms with Gasteiger partial charge in [-0.05, 0) is 64.9 Å². The Kier molecular flexibility index (Phi) is 7.14. The van der Waals surface area contributed by atoms with E-state index in [1.54, 1.807) is 6.07 Å². The number of hydrogen-bond donors (Lipinski definition) is 1. The molecule has 0 fully saturated rings. The van der Waals surface area contributed by atoms with E-state index in [9.17, 15) is 14.7 Å². The minimum absolute atomic E-state index is 0.0175. The number of ether oxygens (including phenoxy) is 1. The van der Waals surface area contributed by atoms with Gasteiger partial charge in [0.2, 0.25) is 0 Å². The van der Waals surface area contributed by atoms with Crippen LogP contribution < -0.4 is 4.74 Å². The van der Waals surface area contributed by atoms with Crippen LogP contribution in [0.4, 0.5) is 0 Å². The maximum Gasteiger partial charge on any atom is 0.323 e. The van der Waals surface area contributed by atoms with Gasteiger partial charge in [0.05, 0.1) is 0 Å². The van der Waals surface area contributed by atoms with Crippen molar-refractivity contribution in [3.8, 4) is 5.75 Å². The molecule has 1 atom stereocenters. The molecule has 0 bridgehead atoms. The third kappa shape index (κ3) is 6.08. The molecule has 1 aliphatic heterocycles. The summed E-state index contributed by atoms with van der Waals surface area (Å²) in [5, 5.41) is 10.2. The van der Waals surface area contributed by atoms with Crippen molar-refractivity contribution >= 4 is 23.5 Å². The second-order valence-electron chi connectivity index (χ2n) is 10.9. The Labute approximate surface area is 217 Å². The van der Waals surface area contributed by atoms with Gasteiger partial charge >= 0.3 is 5.97 Å². The zero-order valence-electron chi connectivity index (χ0n) is 21.2. The SMILES string of the molecule is CC(C)(C)c1ccc(CN(CC(=O)O)C(=O)c2ccc3c(c2)C[C@](C)(Cc2ccc(Cl)cc2)O3)cc1. The van der Waals surface area contributed by atoms with E-state index in [1.807, 2.05) is 60.7 Å². The fourth-order valence-electron chi connectivity index (χ4n) is 4.66. The molecule has 6 heteroatoms. The fraction of sp³-hybridized carbons (Fsp3) is 0.333. The van der Waals surface area contributed by atoms with Gasteiger partial charge in [-0.2, -0.15) is 0 Å². The van der Waals surface area contributed by atoms with Crippen molar-refractivity contribution in [2.75, 3.05) is 6.54 Å². The summed E-state index contributed by atoms with van der Waals surface area (Å²) in [5.41, 5.74) is 4.18. The molecule has 1 N–H and O–H groups in total. The van der Waals surface area contributed by atoms with Crippen LogP contribution in [0.25, 0.3) is 0 Å². The van der Waals surface area contributed by atoms with Crippen molar-refractivity contribution in [1.82, 2.24) is 4.90 Å². The largest absolute Gasteiger partial charge is 0.487 e. The molecular formula is C30H32ClNO4. The monoisotopic (exact) mass is 505 g/mol. The van der Waals surface area contributed by atoms with Crippen LogP contribution in [-0.4, -0.2) is 34.0 Å². The highest BCUT2D eigenvalue weighted by Gasteiger charge is 2.35. The first-order valence-corrected chi connectivity index (χ1v) is 12.5. The van der Waals surface area contributed by atoms with Gasteiger partial charge < -0.3 is 14.7 Å². The number of carboxylic acid groups (broad SMARTS) is 1. The summed E-state index contributed by atoms with van der Waals surface area (Å²) in [6.45, 7) is 8.32. The van der Waals surface area contributed by atoms with Gasteiger partial charge in [-0.25, -0.2) is 0 Å². The number of rotatable bonds is 7. The Morgan fingerprint density at radius 3 is 2.25 bits per heavy atom. The first-order chi connectivity index (χ1) is 16.9. The summed E-state index contributed by atoms with van der Waals surface area (Å²) >= 11 is 6.01. The third-order valence-corrected chi connectivity index (χ3v) is 6.78. The lowest BCUT2D eigenvalue weighted by Crippen LogP contribution is -2.35. The molecule has 1 aliphatic rings. The molecule has 0 aromatic heterocycles. The van der Waals surface area contributed by atoms with E-state index in [1.165, 1.54) is 10.5 Å². The van der Waals surface area contributed by atoms with Crippen LogP contribution in [0.2, 0.25) is 5.02 Å². The molecule has 188 valence electrons. The van der Waals surface area contributed by atoms with Gasteiger partial charge in [0.25, 0.3) is 5.91 Å². The minimum atomic E-state index is -1.05. The highest BCUT2D eigenvalue weighted by Crippen LogP contribution is 2.38. The molecule has 36 heavy (non-hydrogen) atoms. The highest BCUT2D eigenvalue weighted by molar-refractivity contribution is 6.30. The Balaban J connectivity index is 1.51. The number of fused-ring (bicyclic) bond motifs is 1. The van der Waals surface area contributed by atoms with Gasteiger partial charge in [-0.3, -0.25) is 9.59 Å². The predicted molar refractivity (Wildman–Crippen MR) is 142 cm³/mol. The van der Waals surface area contributed by atoms with E-state index in [0.29, 0.717) is 23.4 Å². The number of halogens is 1. The molecule has 3 aromatic rings. The van der Waals surface area contributed by atoms with E-state index < -0.39 is 11.6 Å². The zero-order valence-corrected chi connectivity index (χ0v) is 21.9. The van der Waals surface area contributed by atoms with Crippen molar-refractivity contribution < 1.29 is 19.4 Å². The van der Waals surface area contributed by atoms with Gasteiger partial charge in [0.15, 0.2) is 0 Å². The zero-order chi connectivity index (χ0) is 26.1. The van der Waals surface area contributed by atoms with Crippen molar-refractivity contribution in [3.05, 3.63) is 99.6 Å². The molecule has 0 saturated carbocycles. The summed E-state index contributed by atoms with van der Waals surface area (Å²) in [6, 6.07) is 21.1. The van der Waals surface area contributed by atoms with Crippen LogP contribution in [0.3, 0.4) is 0 Å². The standard InChI is InChI=1S/C30H32ClNO4/c1-29(2,3)24-10-5-21(6-11-24)18-32(19-27(33)34)28(35)22-9-14-26-23(15-22)17-30(4,36-26)16-20-7-12-25(31)13-8-20/h5-15H,16-19H2,1-4H3,(H,33,34)/t30-/m0/s1.